The number of rotatable bonds is 4. The van der Waals surface area contributed by atoms with Crippen LogP contribution in [0, 0.1) is 20.8 Å². The lowest BCUT2D eigenvalue weighted by Crippen LogP contribution is -2.30. The van der Waals surface area contributed by atoms with E-state index >= 15 is 0 Å². The maximum Gasteiger partial charge on any atom is 0.0919 e. The molecule has 0 aromatic heterocycles. The normalized spacial score (nSPS) is 18.2. The van der Waals surface area contributed by atoms with Gasteiger partial charge in [-0.1, -0.05) is 30.5 Å². The molecule has 0 bridgehead atoms. The Morgan fingerprint density at radius 2 is 1.72 bits per heavy atom. The van der Waals surface area contributed by atoms with Gasteiger partial charge in [-0.05, 0) is 50.3 Å². The molecule has 0 radical (unpaired) electrons. The third-order valence-corrected chi connectivity index (χ3v) is 4.03. The van der Waals surface area contributed by atoms with Crippen molar-refractivity contribution in [2.24, 2.45) is 0 Å². The second kappa shape index (κ2) is 5.85. The number of nitrogens with one attached hydrogen (secondary N) is 1. The Balaban J connectivity index is 2.01. The maximum atomic E-state index is 10.4. The number of aliphatic hydroxyl groups is 1. The fourth-order valence-electron chi connectivity index (χ4n) is 3.23. The van der Waals surface area contributed by atoms with Gasteiger partial charge in [-0.3, -0.25) is 0 Å². The van der Waals surface area contributed by atoms with Gasteiger partial charge in [0, 0.05) is 12.6 Å². The maximum absolute atomic E-state index is 10.4. The van der Waals surface area contributed by atoms with E-state index in [1.165, 1.54) is 42.4 Å². The molecule has 1 aliphatic rings. The molecule has 0 amide bonds. The van der Waals surface area contributed by atoms with Gasteiger partial charge in [-0.15, -0.1) is 0 Å². The summed E-state index contributed by atoms with van der Waals surface area (Å²) in [6.07, 6.45) is 4.80. The Morgan fingerprint density at radius 3 is 2.28 bits per heavy atom. The number of aliphatic hydroxyl groups excluding tert-OH is 1. The Hall–Kier alpha value is -0.860. The van der Waals surface area contributed by atoms with E-state index in [0.717, 1.165) is 5.56 Å². The van der Waals surface area contributed by atoms with Crippen LogP contribution in [0.3, 0.4) is 0 Å². The molecule has 1 aromatic carbocycles. The van der Waals surface area contributed by atoms with Crippen molar-refractivity contribution in [3.8, 4) is 0 Å². The first-order valence-electron chi connectivity index (χ1n) is 7.07. The average molecular weight is 247 g/mol. The predicted octanol–water partition coefficient (Wildman–Crippen LogP) is 3.18. The van der Waals surface area contributed by atoms with Crippen LogP contribution in [-0.4, -0.2) is 17.7 Å². The lowest BCUT2D eigenvalue weighted by Gasteiger charge is -2.20. The van der Waals surface area contributed by atoms with Crippen molar-refractivity contribution in [1.29, 1.82) is 0 Å². The number of hydrogen-bond donors (Lipinski definition) is 2. The summed E-state index contributed by atoms with van der Waals surface area (Å²) in [7, 11) is 0. The molecule has 1 unspecified atom stereocenters. The molecular weight excluding hydrogens is 222 g/mol. The zero-order valence-electron chi connectivity index (χ0n) is 11.8. The minimum atomic E-state index is -0.383. The first-order valence-corrected chi connectivity index (χ1v) is 7.07. The van der Waals surface area contributed by atoms with Crippen LogP contribution in [0.15, 0.2) is 12.1 Å². The van der Waals surface area contributed by atoms with E-state index in [4.69, 9.17) is 0 Å². The van der Waals surface area contributed by atoms with Gasteiger partial charge >= 0.3 is 0 Å². The first-order chi connectivity index (χ1) is 8.58. The molecule has 2 nitrogen and oxygen atoms in total. The van der Waals surface area contributed by atoms with Crippen LogP contribution in [0.1, 0.15) is 54.0 Å². The predicted molar refractivity (Wildman–Crippen MR) is 75.9 cm³/mol. The zero-order valence-corrected chi connectivity index (χ0v) is 11.8. The third-order valence-electron chi connectivity index (χ3n) is 4.03. The van der Waals surface area contributed by atoms with Crippen LogP contribution in [0.25, 0.3) is 0 Å². The number of aryl methyl sites for hydroxylation is 3. The van der Waals surface area contributed by atoms with E-state index in [0.29, 0.717) is 12.6 Å². The number of hydrogen-bond acceptors (Lipinski definition) is 2. The van der Waals surface area contributed by atoms with E-state index in [-0.39, 0.29) is 6.10 Å². The van der Waals surface area contributed by atoms with Crippen LogP contribution in [0.5, 0.6) is 0 Å². The highest BCUT2D eigenvalue weighted by atomic mass is 16.3. The molecule has 1 aliphatic carbocycles. The molecule has 1 aromatic rings. The van der Waals surface area contributed by atoms with Crippen molar-refractivity contribution in [2.45, 2.75) is 58.6 Å². The second-order valence-electron chi connectivity index (χ2n) is 5.72. The van der Waals surface area contributed by atoms with Gasteiger partial charge < -0.3 is 10.4 Å². The Labute approximate surface area is 110 Å². The highest BCUT2D eigenvalue weighted by molar-refractivity contribution is 5.39. The van der Waals surface area contributed by atoms with Crippen molar-refractivity contribution in [3.63, 3.8) is 0 Å². The minimum absolute atomic E-state index is 0.383. The van der Waals surface area contributed by atoms with E-state index in [2.05, 4.69) is 38.2 Å². The number of benzene rings is 1. The minimum Gasteiger partial charge on any atom is -0.387 e. The third kappa shape index (κ3) is 3.12. The molecule has 1 saturated carbocycles. The van der Waals surface area contributed by atoms with E-state index in [1.54, 1.807) is 0 Å². The largest absolute Gasteiger partial charge is 0.387 e. The Kier molecular flexibility index (Phi) is 4.41. The van der Waals surface area contributed by atoms with Crippen molar-refractivity contribution >= 4 is 0 Å². The molecule has 0 heterocycles. The average Bonchev–Trinajstić information content (AvgIpc) is 2.77. The van der Waals surface area contributed by atoms with Crippen LogP contribution >= 0.6 is 0 Å². The summed E-state index contributed by atoms with van der Waals surface area (Å²) < 4.78 is 0. The highest BCUT2D eigenvalue weighted by Crippen LogP contribution is 2.24. The van der Waals surface area contributed by atoms with E-state index in [9.17, 15) is 5.11 Å². The standard InChI is InChI=1S/C16H25NO/c1-11-8-12(2)16(13(3)9-11)15(18)10-17-14-6-4-5-7-14/h8-9,14-15,17-18H,4-7,10H2,1-3H3. The summed E-state index contributed by atoms with van der Waals surface area (Å²) in [5.41, 5.74) is 4.78. The summed E-state index contributed by atoms with van der Waals surface area (Å²) >= 11 is 0. The van der Waals surface area contributed by atoms with Crippen LogP contribution < -0.4 is 5.32 Å². The smallest absolute Gasteiger partial charge is 0.0919 e. The van der Waals surface area contributed by atoms with Crippen molar-refractivity contribution < 1.29 is 5.11 Å². The summed E-state index contributed by atoms with van der Waals surface area (Å²) in [5, 5.41) is 13.9. The molecule has 100 valence electrons. The SMILES string of the molecule is Cc1cc(C)c(C(O)CNC2CCCC2)c(C)c1. The fraction of sp³-hybridized carbons (Fsp3) is 0.625. The zero-order chi connectivity index (χ0) is 13.1. The molecule has 1 fully saturated rings. The van der Waals surface area contributed by atoms with Crippen LogP contribution in [0.2, 0.25) is 0 Å². The van der Waals surface area contributed by atoms with Gasteiger partial charge in [0.2, 0.25) is 0 Å². The molecule has 18 heavy (non-hydrogen) atoms. The van der Waals surface area contributed by atoms with Crippen molar-refractivity contribution in [2.75, 3.05) is 6.54 Å². The van der Waals surface area contributed by atoms with Gasteiger partial charge in [0.05, 0.1) is 6.10 Å². The lowest BCUT2D eigenvalue weighted by atomic mass is 9.95. The molecular formula is C16H25NO. The molecule has 2 rings (SSSR count). The molecule has 0 saturated heterocycles. The van der Waals surface area contributed by atoms with E-state index in [1.807, 2.05) is 0 Å². The molecule has 2 heteroatoms. The molecule has 1 atom stereocenters. The quantitative estimate of drug-likeness (QED) is 0.856. The van der Waals surface area contributed by atoms with Gasteiger partial charge in [0.15, 0.2) is 0 Å². The summed E-state index contributed by atoms with van der Waals surface area (Å²) in [4.78, 5) is 0. The fourth-order valence-corrected chi connectivity index (χ4v) is 3.23. The van der Waals surface area contributed by atoms with E-state index < -0.39 is 0 Å². The second-order valence-corrected chi connectivity index (χ2v) is 5.72. The monoisotopic (exact) mass is 247 g/mol. The Morgan fingerprint density at radius 1 is 1.17 bits per heavy atom. The highest BCUT2D eigenvalue weighted by Gasteiger charge is 2.18. The Bertz CT molecular complexity index is 385. The lowest BCUT2D eigenvalue weighted by molar-refractivity contribution is 0.168. The van der Waals surface area contributed by atoms with Gasteiger partial charge in [-0.25, -0.2) is 0 Å². The van der Waals surface area contributed by atoms with Crippen LogP contribution in [-0.2, 0) is 0 Å². The summed E-state index contributed by atoms with van der Waals surface area (Å²) in [5.74, 6) is 0. The van der Waals surface area contributed by atoms with Gasteiger partial charge in [-0.2, -0.15) is 0 Å². The van der Waals surface area contributed by atoms with Crippen molar-refractivity contribution in [3.05, 3.63) is 34.4 Å². The topological polar surface area (TPSA) is 32.3 Å². The van der Waals surface area contributed by atoms with Crippen molar-refractivity contribution in [1.82, 2.24) is 5.32 Å². The van der Waals surface area contributed by atoms with Crippen LogP contribution in [0.4, 0.5) is 0 Å². The summed E-state index contributed by atoms with van der Waals surface area (Å²) in [6, 6.07) is 4.92. The molecule has 0 spiro atoms. The molecule has 0 aliphatic heterocycles. The summed E-state index contributed by atoms with van der Waals surface area (Å²) in [6.45, 7) is 6.96. The van der Waals surface area contributed by atoms with Gasteiger partial charge in [0.1, 0.15) is 0 Å². The first kappa shape index (κ1) is 13.6. The van der Waals surface area contributed by atoms with Gasteiger partial charge in [0.25, 0.3) is 0 Å². The molecule has 2 N–H and O–H groups in total.